The van der Waals surface area contributed by atoms with Crippen LogP contribution in [0.4, 0.5) is 17.2 Å². The molecule has 0 N–H and O–H groups in total. The molecular weight excluding hydrogens is 617 g/mol. The lowest BCUT2D eigenvalue weighted by Gasteiger charge is -2.27. The standard InChI is InChI=1S/C49H32N2/c1-2-14-35-31-37(25-24-33(35)13-1)49-44-21-9-7-19-42(44)48(43-20-8-10-22-45(43)49)34-26-28-38(29-27-34)51(47-23-11-12-30-50-47)46-32-36-15-3-4-16-39(36)40-17-5-6-18-41(40)46/h1-32H. The minimum absolute atomic E-state index is 0.876. The third-order valence-electron chi connectivity index (χ3n) is 10.2. The van der Waals surface area contributed by atoms with Crippen LogP contribution < -0.4 is 4.90 Å². The van der Waals surface area contributed by atoms with Crippen molar-refractivity contribution in [1.82, 2.24) is 4.98 Å². The second-order valence-electron chi connectivity index (χ2n) is 13.1. The Bertz CT molecular complexity index is 2850. The zero-order valence-corrected chi connectivity index (χ0v) is 27.9. The Morgan fingerprint density at radius 2 is 0.843 bits per heavy atom. The number of aromatic nitrogens is 1. The third-order valence-corrected chi connectivity index (χ3v) is 10.2. The summed E-state index contributed by atoms with van der Waals surface area (Å²) in [6.45, 7) is 0. The highest BCUT2D eigenvalue weighted by Crippen LogP contribution is 2.46. The van der Waals surface area contributed by atoms with E-state index in [1.807, 2.05) is 12.3 Å². The van der Waals surface area contributed by atoms with Crippen LogP contribution >= 0.6 is 0 Å². The average Bonchev–Trinajstić information content (AvgIpc) is 3.20. The monoisotopic (exact) mass is 648 g/mol. The molecule has 10 rings (SSSR count). The largest absolute Gasteiger partial charge is 0.294 e. The maximum Gasteiger partial charge on any atom is 0.137 e. The Balaban J connectivity index is 1.18. The van der Waals surface area contributed by atoms with Crippen LogP contribution in [-0.4, -0.2) is 4.98 Å². The molecule has 0 bridgehead atoms. The highest BCUT2D eigenvalue weighted by atomic mass is 15.2. The van der Waals surface area contributed by atoms with Gasteiger partial charge in [0.15, 0.2) is 0 Å². The first-order valence-corrected chi connectivity index (χ1v) is 17.5. The molecule has 2 nitrogen and oxygen atoms in total. The number of anilines is 3. The first-order chi connectivity index (χ1) is 25.3. The first kappa shape index (κ1) is 29.2. The number of rotatable bonds is 5. The SMILES string of the molecule is c1ccc(N(c2ccc(-c3c4ccccc4c(-c4ccc5ccccc5c4)c4ccccc34)cc2)c2cc3ccccc3c3ccccc23)nc1. The molecule has 9 aromatic carbocycles. The quantitative estimate of drug-likeness (QED) is 0.136. The molecule has 0 amide bonds. The molecule has 238 valence electrons. The molecule has 0 saturated carbocycles. The van der Waals surface area contributed by atoms with Crippen LogP contribution in [0.2, 0.25) is 0 Å². The van der Waals surface area contributed by atoms with Crippen molar-refractivity contribution in [2.75, 3.05) is 4.90 Å². The summed E-state index contributed by atoms with van der Waals surface area (Å²) < 4.78 is 0. The zero-order valence-electron chi connectivity index (χ0n) is 27.9. The number of nitrogens with zero attached hydrogens (tertiary/aromatic N) is 2. The predicted octanol–water partition coefficient (Wildman–Crippen LogP) is 13.7. The number of hydrogen-bond acceptors (Lipinski definition) is 2. The molecule has 0 spiro atoms. The van der Waals surface area contributed by atoms with E-state index in [9.17, 15) is 0 Å². The van der Waals surface area contributed by atoms with E-state index in [0.29, 0.717) is 0 Å². The second kappa shape index (κ2) is 12.0. The maximum atomic E-state index is 4.86. The fourth-order valence-electron chi connectivity index (χ4n) is 7.97. The molecule has 51 heavy (non-hydrogen) atoms. The summed E-state index contributed by atoms with van der Waals surface area (Å²) >= 11 is 0. The van der Waals surface area contributed by atoms with Crippen molar-refractivity contribution < 1.29 is 0 Å². The van der Waals surface area contributed by atoms with Crippen LogP contribution in [0.25, 0.3) is 76.1 Å². The van der Waals surface area contributed by atoms with E-state index in [-0.39, 0.29) is 0 Å². The van der Waals surface area contributed by atoms with Gasteiger partial charge >= 0.3 is 0 Å². The van der Waals surface area contributed by atoms with Gasteiger partial charge in [-0.25, -0.2) is 4.98 Å². The van der Waals surface area contributed by atoms with Crippen LogP contribution in [0.15, 0.2) is 194 Å². The number of benzene rings is 9. The van der Waals surface area contributed by atoms with Crippen molar-refractivity contribution in [3.05, 3.63) is 194 Å². The summed E-state index contributed by atoms with van der Waals surface area (Å²) in [5.74, 6) is 0.876. The van der Waals surface area contributed by atoms with Crippen molar-refractivity contribution in [3.8, 4) is 22.3 Å². The zero-order chi connectivity index (χ0) is 33.7. The number of pyridine rings is 1. The smallest absolute Gasteiger partial charge is 0.137 e. The molecule has 0 aliphatic heterocycles. The number of fused-ring (bicyclic) bond motifs is 6. The highest BCUT2D eigenvalue weighted by Gasteiger charge is 2.20. The van der Waals surface area contributed by atoms with Gasteiger partial charge in [-0.3, -0.25) is 4.90 Å². The Morgan fingerprint density at radius 1 is 0.333 bits per heavy atom. The van der Waals surface area contributed by atoms with Crippen molar-refractivity contribution >= 4 is 71.1 Å². The summed E-state index contributed by atoms with van der Waals surface area (Å²) in [6, 6.07) is 68.0. The maximum absolute atomic E-state index is 4.86. The predicted molar refractivity (Wildman–Crippen MR) is 217 cm³/mol. The van der Waals surface area contributed by atoms with Crippen LogP contribution in [0.3, 0.4) is 0 Å². The minimum atomic E-state index is 0.876. The first-order valence-electron chi connectivity index (χ1n) is 17.5. The van der Waals surface area contributed by atoms with E-state index in [0.717, 1.165) is 17.2 Å². The Labute approximate surface area is 296 Å². The fraction of sp³-hybridized carbons (Fsp3) is 0. The molecule has 0 radical (unpaired) electrons. The Morgan fingerprint density at radius 3 is 1.49 bits per heavy atom. The van der Waals surface area contributed by atoms with Gasteiger partial charge in [0, 0.05) is 17.3 Å². The minimum Gasteiger partial charge on any atom is -0.294 e. The van der Waals surface area contributed by atoms with Gasteiger partial charge < -0.3 is 0 Å². The van der Waals surface area contributed by atoms with Crippen LogP contribution in [-0.2, 0) is 0 Å². The van der Waals surface area contributed by atoms with Crippen LogP contribution in [0.5, 0.6) is 0 Å². The van der Waals surface area contributed by atoms with E-state index in [1.165, 1.54) is 76.1 Å². The van der Waals surface area contributed by atoms with Crippen molar-refractivity contribution in [3.63, 3.8) is 0 Å². The molecule has 0 atom stereocenters. The summed E-state index contributed by atoms with van der Waals surface area (Å²) in [7, 11) is 0. The Kier molecular flexibility index (Phi) is 6.85. The van der Waals surface area contributed by atoms with E-state index in [2.05, 4.69) is 187 Å². The lowest BCUT2D eigenvalue weighted by molar-refractivity contribution is 1.19. The summed E-state index contributed by atoms with van der Waals surface area (Å²) in [6.07, 6.45) is 1.87. The summed E-state index contributed by atoms with van der Waals surface area (Å²) in [4.78, 5) is 7.15. The number of hydrogen-bond donors (Lipinski definition) is 0. The molecule has 1 aromatic heterocycles. The van der Waals surface area contributed by atoms with Gasteiger partial charge in [0.2, 0.25) is 0 Å². The molecule has 10 aromatic rings. The highest BCUT2D eigenvalue weighted by molar-refractivity contribution is 6.22. The molecule has 1 heterocycles. The van der Waals surface area contributed by atoms with Crippen molar-refractivity contribution in [2.45, 2.75) is 0 Å². The van der Waals surface area contributed by atoms with Crippen molar-refractivity contribution in [2.24, 2.45) is 0 Å². The molecular formula is C49H32N2. The topological polar surface area (TPSA) is 16.1 Å². The van der Waals surface area contributed by atoms with E-state index < -0.39 is 0 Å². The van der Waals surface area contributed by atoms with E-state index in [4.69, 9.17) is 4.98 Å². The molecule has 0 fully saturated rings. The lowest BCUT2D eigenvalue weighted by atomic mass is 9.85. The third kappa shape index (κ3) is 4.84. The second-order valence-corrected chi connectivity index (χ2v) is 13.1. The van der Waals surface area contributed by atoms with E-state index >= 15 is 0 Å². The summed E-state index contributed by atoms with van der Waals surface area (Å²) in [5.41, 5.74) is 7.09. The van der Waals surface area contributed by atoms with Gasteiger partial charge in [-0.15, -0.1) is 0 Å². The Hall–Kier alpha value is -6.77. The average molecular weight is 649 g/mol. The van der Waals surface area contributed by atoms with Gasteiger partial charge in [-0.2, -0.15) is 0 Å². The van der Waals surface area contributed by atoms with Gasteiger partial charge in [0.05, 0.1) is 5.69 Å². The van der Waals surface area contributed by atoms with Crippen LogP contribution in [0, 0.1) is 0 Å². The van der Waals surface area contributed by atoms with Gasteiger partial charge in [0.1, 0.15) is 5.82 Å². The van der Waals surface area contributed by atoms with Crippen molar-refractivity contribution in [1.29, 1.82) is 0 Å². The summed E-state index contributed by atoms with van der Waals surface area (Å²) in [5, 5.41) is 12.4. The molecule has 2 heteroatoms. The lowest BCUT2D eigenvalue weighted by Crippen LogP contribution is -2.12. The van der Waals surface area contributed by atoms with E-state index in [1.54, 1.807) is 0 Å². The molecule has 0 unspecified atom stereocenters. The molecule has 0 saturated heterocycles. The normalized spacial score (nSPS) is 11.5. The van der Waals surface area contributed by atoms with Gasteiger partial charge in [-0.1, -0.05) is 152 Å². The van der Waals surface area contributed by atoms with Crippen LogP contribution in [0.1, 0.15) is 0 Å². The molecule has 0 aliphatic carbocycles. The molecule has 0 aliphatic rings. The fourth-order valence-corrected chi connectivity index (χ4v) is 7.97. The van der Waals surface area contributed by atoms with Gasteiger partial charge in [-0.05, 0) is 107 Å². The van der Waals surface area contributed by atoms with Gasteiger partial charge in [0.25, 0.3) is 0 Å².